The molecule has 0 amide bonds. The van der Waals surface area contributed by atoms with Crippen LogP contribution in [0.2, 0.25) is 5.02 Å². The van der Waals surface area contributed by atoms with Crippen LogP contribution in [0.4, 0.5) is 0 Å². The van der Waals surface area contributed by atoms with Gasteiger partial charge in [-0.25, -0.2) is 0 Å². The minimum atomic E-state index is 0.209. The lowest BCUT2D eigenvalue weighted by atomic mass is 10.1. The van der Waals surface area contributed by atoms with Gasteiger partial charge in [0.15, 0.2) is 0 Å². The van der Waals surface area contributed by atoms with Gasteiger partial charge in [-0.2, -0.15) is 0 Å². The zero-order valence-corrected chi connectivity index (χ0v) is 15.0. The van der Waals surface area contributed by atoms with Gasteiger partial charge in [-0.1, -0.05) is 33.6 Å². The number of rotatable bonds is 4. The Labute approximate surface area is 139 Å². The van der Waals surface area contributed by atoms with Crippen LogP contribution in [0.1, 0.15) is 29.7 Å². The van der Waals surface area contributed by atoms with Crippen LogP contribution in [0.3, 0.4) is 0 Å². The van der Waals surface area contributed by atoms with E-state index < -0.39 is 0 Å². The van der Waals surface area contributed by atoms with Crippen molar-refractivity contribution in [1.29, 1.82) is 0 Å². The van der Waals surface area contributed by atoms with E-state index >= 15 is 0 Å². The summed E-state index contributed by atoms with van der Waals surface area (Å²) in [6.45, 7) is 6.12. The number of nitrogens with one attached hydrogen (secondary N) is 1. The molecule has 1 atom stereocenters. The van der Waals surface area contributed by atoms with Gasteiger partial charge in [0.25, 0.3) is 0 Å². The molecule has 0 heterocycles. The van der Waals surface area contributed by atoms with Crippen molar-refractivity contribution in [2.75, 3.05) is 7.05 Å². The molecule has 0 aliphatic heterocycles. The van der Waals surface area contributed by atoms with E-state index in [0.717, 1.165) is 37.7 Å². The van der Waals surface area contributed by atoms with Gasteiger partial charge in [-0.3, -0.25) is 0 Å². The van der Waals surface area contributed by atoms with Gasteiger partial charge in [-0.05, 0) is 63.2 Å². The number of aryl methyl sites for hydroxylation is 2. The summed E-state index contributed by atoms with van der Waals surface area (Å²) in [5, 5.41) is 3.98. The van der Waals surface area contributed by atoms with Crippen LogP contribution >= 0.6 is 27.5 Å². The molecule has 1 N–H and O–H groups in total. The fourth-order valence-electron chi connectivity index (χ4n) is 2.28. The van der Waals surface area contributed by atoms with Gasteiger partial charge in [0.1, 0.15) is 11.5 Å². The van der Waals surface area contributed by atoms with Crippen LogP contribution in [0.25, 0.3) is 0 Å². The minimum Gasteiger partial charge on any atom is -0.456 e. The highest BCUT2D eigenvalue weighted by Crippen LogP contribution is 2.36. The number of ether oxygens (including phenoxy) is 1. The second-order valence-electron chi connectivity index (χ2n) is 5.16. The van der Waals surface area contributed by atoms with Crippen LogP contribution in [0, 0.1) is 13.8 Å². The summed E-state index contributed by atoms with van der Waals surface area (Å²) in [6, 6.07) is 10.1. The lowest BCUT2D eigenvalue weighted by Crippen LogP contribution is -2.13. The summed E-state index contributed by atoms with van der Waals surface area (Å²) >= 11 is 9.59. The Morgan fingerprint density at radius 3 is 2.33 bits per heavy atom. The molecule has 1 unspecified atom stereocenters. The lowest BCUT2D eigenvalue weighted by Gasteiger charge is -2.19. The van der Waals surface area contributed by atoms with Gasteiger partial charge in [0.2, 0.25) is 0 Å². The molecule has 0 saturated heterocycles. The summed E-state index contributed by atoms with van der Waals surface area (Å²) < 4.78 is 7.20. The normalized spacial score (nSPS) is 12.3. The van der Waals surface area contributed by atoms with E-state index in [1.54, 1.807) is 0 Å². The highest BCUT2D eigenvalue weighted by molar-refractivity contribution is 9.10. The first kappa shape index (κ1) is 16.3. The molecule has 0 spiro atoms. The summed E-state index contributed by atoms with van der Waals surface area (Å²) in [4.78, 5) is 0. The number of hydrogen-bond acceptors (Lipinski definition) is 2. The van der Waals surface area contributed by atoms with Gasteiger partial charge >= 0.3 is 0 Å². The third-order valence-corrected chi connectivity index (χ3v) is 4.22. The first-order valence-corrected chi connectivity index (χ1v) is 8.00. The van der Waals surface area contributed by atoms with Gasteiger partial charge < -0.3 is 10.1 Å². The summed E-state index contributed by atoms with van der Waals surface area (Å²) in [5.41, 5.74) is 3.18. The monoisotopic (exact) mass is 367 g/mol. The highest BCUT2D eigenvalue weighted by Gasteiger charge is 2.14. The number of hydrogen-bond donors (Lipinski definition) is 1. The summed E-state index contributed by atoms with van der Waals surface area (Å²) in [5.74, 6) is 1.71. The molecule has 2 rings (SSSR count). The van der Waals surface area contributed by atoms with E-state index in [-0.39, 0.29) is 6.04 Å². The molecule has 0 bridgehead atoms. The Morgan fingerprint density at radius 2 is 1.76 bits per heavy atom. The molecule has 4 heteroatoms. The molecular weight excluding hydrogens is 350 g/mol. The largest absolute Gasteiger partial charge is 0.456 e. The first-order valence-electron chi connectivity index (χ1n) is 6.83. The van der Waals surface area contributed by atoms with Crippen molar-refractivity contribution in [3.05, 3.63) is 56.5 Å². The molecular formula is C17H19BrClNO. The Kier molecular flexibility index (Phi) is 5.31. The maximum atomic E-state index is 6.20. The van der Waals surface area contributed by atoms with Crippen LogP contribution in [-0.2, 0) is 0 Å². The van der Waals surface area contributed by atoms with Crippen molar-refractivity contribution in [1.82, 2.24) is 5.32 Å². The van der Waals surface area contributed by atoms with E-state index in [1.807, 2.05) is 45.2 Å². The Hall–Kier alpha value is -1.03. The van der Waals surface area contributed by atoms with Crippen LogP contribution < -0.4 is 10.1 Å². The molecule has 0 radical (unpaired) electrons. The van der Waals surface area contributed by atoms with Crippen molar-refractivity contribution in [3.63, 3.8) is 0 Å². The SMILES string of the molecule is CNC(C)c1ccc(Br)cc1Oc1c(C)cc(Cl)cc1C. The van der Waals surface area contributed by atoms with Crippen molar-refractivity contribution in [2.45, 2.75) is 26.8 Å². The fraction of sp³-hybridized carbons (Fsp3) is 0.294. The molecule has 0 fully saturated rings. The highest BCUT2D eigenvalue weighted by atomic mass is 79.9. The second kappa shape index (κ2) is 6.82. The molecule has 2 aromatic rings. The minimum absolute atomic E-state index is 0.209. The molecule has 0 aliphatic rings. The summed E-state index contributed by atoms with van der Waals surface area (Å²) in [6.07, 6.45) is 0. The van der Waals surface area contributed by atoms with Crippen molar-refractivity contribution >= 4 is 27.5 Å². The third kappa shape index (κ3) is 3.79. The van der Waals surface area contributed by atoms with E-state index in [4.69, 9.17) is 16.3 Å². The molecule has 0 saturated carbocycles. The molecule has 112 valence electrons. The zero-order valence-electron chi connectivity index (χ0n) is 12.6. The van der Waals surface area contributed by atoms with Gasteiger partial charge in [0, 0.05) is 21.1 Å². The maximum absolute atomic E-state index is 6.20. The predicted molar refractivity (Wildman–Crippen MR) is 92.6 cm³/mol. The quantitative estimate of drug-likeness (QED) is 0.737. The smallest absolute Gasteiger partial charge is 0.133 e. The molecule has 0 aromatic heterocycles. The average Bonchev–Trinajstić information content (AvgIpc) is 2.42. The second-order valence-corrected chi connectivity index (χ2v) is 6.52. The van der Waals surface area contributed by atoms with Crippen molar-refractivity contribution < 1.29 is 4.74 Å². The summed E-state index contributed by atoms with van der Waals surface area (Å²) in [7, 11) is 1.94. The third-order valence-electron chi connectivity index (χ3n) is 3.51. The predicted octanol–water partition coefficient (Wildman–Crippen LogP) is 5.79. The Balaban J connectivity index is 2.46. The van der Waals surface area contributed by atoms with E-state index in [9.17, 15) is 0 Å². The average molecular weight is 369 g/mol. The standard InChI is InChI=1S/C17H19BrClNO/c1-10-7-14(19)8-11(2)17(10)21-16-9-13(18)5-6-15(16)12(3)20-4/h5-9,12,20H,1-4H3. The van der Waals surface area contributed by atoms with E-state index in [1.165, 1.54) is 0 Å². The van der Waals surface area contributed by atoms with Crippen LogP contribution in [0.15, 0.2) is 34.8 Å². The van der Waals surface area contributed by atoms with E-state index in [0.29, 0.717) is 0 Å². The van der Waals surface area contributed by atoms with Crippen molar-refractivity contribution in [3.8, 4) is 11.5 Å². The molecule has 21 heavy (non-hydrogen) atoms. The zero-order chi connectivity index (χ0) is 15.6. The Bertz CT molecular complexity index is 634. The number of benzene rings is 2. The maximum Gasteiger partial charge on any atom is 0.133 e. The molecule has 0 aliphatic carbocycles. The van der Waals surface area contributed by atoms with Crippen LogP contribution in [-0.4, -0.2) is 7.05 Å². The molecule has 2 aromatic carbocycles. The van der Waals surface area contributed by atoms with Gasteiger partial charge in [0.05, 0.1) is 0 Å². The van der Waals surface area contributed by atoms with Crippen LogP contribution in [0.5, 0.6) is 11.5 Å². The molecule has 2 nitrogen and oxygen atoms in total. The first-order chi connectivity index (χ1) is 9.92. The fourth-order valence-corrected chi connectivity index (χ4v) is 2.95. The van der Waals surface area contributed by atoms with Gasteiger partial charge in [-0.15, -0.1) is 0 Å². The Morgan fingerprint density at radius 1 is 1.14 bits per heavy atom. The lowest BCUT2D eigenvalue weighted by molar-refractivity contribution is 0.459. The number of halogens is 2. The topological polar surface area (TPSA) is 21.3 Å². The van der Waals surface area contributed by atoms with Crippen molar-refractivity contribution in [2.24, 2.45) is 0 Å². The van der Waals surface area contributed by atoms with E-state index in [2.05, 4.69) is 34.2 Å².